The number of halogens is 2. The summed E-state index contributed by atoms with van der Waals surface area (Å²) in [5, 5.41) is 6.73. The van der Waals surface area contributed by atoms with E-state index < -0.39 is 11.6 Å². The summed E-state index contributed by atoms with van der Waals surface area (Å²) in [7, 11) is 0. The maximum Gasteiger partial charge on any atom is 0.227 e. The van der Waals surface area contributed by atoms with E-state index in [-0.39, 0.29) is 11.9 Å². The summed E-state index contributed by atoms with van der Waals surface area (Å²) in [6, 6.07) is 4.13. The molecule has 1 aliphatic heterocycles. The van der Waals surface area contributed by atoms with Gasteiger partial charge in [-0.05, 0) is 37.5 Å². The molecular weight excluding hydrogens is 342 g/mol. The molecule has 0 bridgehead atoms. The maximum atomic E-state index is 13.3. The fourth-order valence-electron chi connectivity index (χ4n) is 3.09. The number of piperidine rings is 1. The summed E-state index contributed by atoms with van der Waals surface area (Å²) in [5.41, 5.74) is 0.751. The van der Waals surface area contributed by atoms with E-state index in [0.717, 1.165) is 37.6 Å². The van der Waals surface area contributed by atoms with Crippen LogP contribution >= 0.6 is 0 Å². The van der Waals surface area contributed by atoms with Crippen LogP contribution in [0.2, 0.25) is 0 Å². The van der Waals surface area contributed by atoms with Crippen LogP contribution in [-0.4, -0.2) is 40.1 Å². The average Bonchev–Trinajstić information content (AvgIpc) is 3.04. The fourth-order valence-corrected chi connectivity index (χ4v) is 3.09. The van der Waals surface area contributed by atoms with Crippen molar-refractivity contribution in [3.8, 4) is 0 Å². The number of amides is 1. The molecule has 0 spiro atoms. The van der Waals surface area contributed by atoms with E-state index in [1.165, 1.54) is 6.07 Å². The van der Waals surface area contributed by atoms with Crippen LogP contribution in [0.3, 0.4) is 0 Å². The number of hydrogen-bond acceptors (Lipinski definition) is 5. The molecule has 0 saturated carbocycles. The van der Waals surface area contributed by atoms with E-state index in [2.05, 4.69) is 20.4 Å². The molecule has 0 atom stereocenters. The largest absolute Gasteiger partial charge is 0.353 e. The van der Waals surface area contributed by atoms with Crippen molar-refractivity contribution in [2.45, 2.75) is 45.2 Å². The molecule has 0 radical (unpaired) electrons. The third kappa shape index (κ3) is 5.08. The van der Waals surface area contributed by atoms with Gasteiger partial charge in [-0.15, -0.1) is 0 Å². The first kappa shape index (κ1) is 18.4. The van der Waals surface area contributed by atoms with Crippen molar-refractivity contribution < 1.29 is 18.1 Å². The predicted octanol–water partition coefficient (Wildman–Crippen LogP) is 2.37. The smallest absolute Gasteiger partial charge is 0.227 e. The van der Waals surface area contributed by atoms with Gasteiger partial charge in [-0.1, -0.05) is 11.2 Å². The standard InChI is InChI=1S/C18H22F2N4O2/c1-12-21-18(26-23-12)5-4-17(25)22-14-6-8-24(9-7-14)11-13-2-3-15(19)16(20)10-13/h2-3,10,14H,4-9,11H2,1H3,(H,22,25). The van der Waals surface area contributed by atoms with E-state index in [0.29, 0.717) is 31.1 Å². The quantitative estimate of drug-likeness (QED) is 0.852. The number of carbonyl (C=O) groups excluding carboxylic acids is 1. The first-order valence-corrected chi connectivity index (χ1v) is 8.74. The number of aryl methyl sites for hydroxylation is 2. The molecule has 26 heavy (non-hydrogen) atoms. The summed E-state index contributed by atoms with van der Waals surface area (Å²) in [5.74, 6) is -0.639. The normalized spacial score (nSPS) is 16.0. The summed E-state index contributed by atoms with van der Waals surface area (Å²) in [6.07, 6.45) is 2.41. The molecule has 1 aromatic carbocycles. The van der Waals surface area contributed by atoms with Crippen LogP contribution in [0.15, 0.2) is 22.7 Å². The van der Waals surface area contributed by atoms with Crippen molar-refractivity contribution >= 4 is 5.91 Å². The lowest BCUT2D eigenvalue weighted by atomic mass is 10.0. The Hall–Kier alpha value is -2.35. The number of nitrogens with zero attached hydrogens (tertiary/aromatic N) is 3. The molecule has 1 saturated heterocycles. The van der Waals surface area contributed by atoms with Crippen molar-refractivity contribution in [2.75, 3.05) is 13.1 Å². The molecule has 1 aliphatic rings. The highest BCUT2D eigenvalue weighted by Gasteiger charge is 2.21. The van der Waals surface area contributed by atoms with Gasteiger partial charge in [-0.3, -0.25) is 9.69 Å². The minimum atomic E-state index is -0.828. The Morgan fingerprint density at radius 3 is 2.73 bits per heavy atom. The van der Waals surface area contributed by atoms with Crippen molar-refractivity contribution in [1.82, 2.24) is 20.4 Å². The molecule has 8 heteroatoms. The van der Waals surface area contributed by atoms with Crippen LogP contribution in [0.25, 0.3) is 0 Å². The van der Waals surface area contributed by atoms with Crippen LogP contribution in [-0.2, 0) is 17.8 Å². The van der Waals surface area contributed by atoms with Crippen LogP contribution < -0.4 is 5.32 Å². The molecule has 1 aromatic heterocycles. The Bertz CT molecular complexity index is 757. The second-order valence-corrected chi connectivity index (χ2v) is 6.60. The van der Waals surface area contributed by atoms with E-state index >= 15 is 0 Å². The number of likely N-dealkylation sites (tertiary alicyclic amines) is 1. The maximum absolute atomic E-state index is 13.3. The number of hydrogen-bond donors (Lipinski definition) is 1. The molecule has 1 N–H and O–H groups in total. The second-order valence-electron chi connectivity index (χ2n) is 6.60. The van der Waals surface area contributed by atoms with E-state index in [9.17, 15) is 13.6 Å². The number of nitrogens with one attached hydrogen (secondary N) is 1. The Balaban J connectivity index is 1.39. The molecule has 1 fully saturated rings. The lowest BCUT2D eigenvalue weighted by Crippen LogP contribution is -2.44. The molecule has 2 heterocycles. The second kappa shape index (κ2) is 8.35. The molecule has 140 valence electrons. The highest BCUT2D eigenvalue weighted by Crippen LogP contribution is 2.16. The van der Waals surface area contributed by atoms with Crippen LogP contribution in [0.1, 0.15) is 36.5 Å². The van der Waals surface area contributed by atoms with Gasteiger partial charge in [0.15, 0.2) is 17.5 Å². The van der Waals surface area contributed by atoms with E-state index in [1.807, 2.05) is 0 Å². The molecule has 0 unspecified atom stereocenters. The highest BCUT2D eigenvalue weighted by atomic mass is 19.2. The topological polar surface area (TPSA) is 71.3 Å². The number of carbonyl (C=O) groups is 1. The summed E-state index contributed by atoms with van der Waals surface area (Å²) >= 11 is 0. The van der Waals surface area contributed by atoms with Crippen molar-refractivity contribution in [3.05, 3.63) is 47.1 Å². The fraction of sp³-hybridized carbons (Fsp3) is 0.500. The molecule has 0 aliphatic carbocycles. The lowest BCUT2D eigenvalue weighted by Gasteiger charge is -2.32. The minimum Gasteiger partial charge on any atom is -0.353 e. The zero-order valence-electron chi connectivity index (χ0n) is 14.7. The van der Waals surface area contributed by atoms with Gasteiger partial charge in [0.1, 0.15) is 0 Å². The number of aromatic nitrogens is 2. The monoisotopic (exact) mass is 364 g/mol. The van der Waals surface area contributed by atoms with Gasteiger partial charge in [-0.25, -0.2) is 8.78 Å². The Morgan fingerprint density at radius 1 is 1.31 bits per heavy atom. The van der Waals surface area contributed by atoms with Crippen molar-refractivity contribution in [3.63, 3.8) is 0 Å². The zero-order chi connectivity index (χ0) is 18.5. The third-order valence-corrected chi connectivity index (χ3v) is 4.48. The first-order chi connectivity index (χ1) is 12.5. The van der Waals surface area contributed by atoms with E-state index in [4.69, 9.17) is 4.52 Å². The summed E-state index contributed by atoms with van der Waals surface area (Å²) in [4.78, 5) is 18.3. The van der Waals surface area contributed by atoms with Crippen LogP contribution in [0.5, 0.6) is 0 Å². The van der Waals surface area contributed by atoms with E-state index in [1.54, 1.807) is 13.0 Å². The summed E-state index contributed by atoms with van der Waals surface area (Å²) in [6.45, 7) is 3.91. The minimum absolute atomic E-state index is 0.0279. The third-order valence-electron chi connectivity index (χ3n) is 4.48. The van der Waals surface area contributed by atoms with Gasteiger partial charge in [0.05, 0.1) is 0 Å². The Labute approximate surface area is 150 Å². The first-order valence-electron chi connectivity index (χ1n) is 8.74. The molecule has 3 rings (SSSR count). The molecule has 2 aromatic rings. The SMILES string of the molecule is Cc1noc(CCC(=O)NC2CCN(Cc3ccc(F)c(F)c3)CC2)n1. The predicted molar refractivity (Wildman–Crippen MR) is 90.2 cm³/mol. The molecule has 6 nitrogen and oxygen atoms in total. The average molecular weight is 364 g/mol. The van der Waals surface area contributed by atoms with Gasteiger partial charge in [0.25, 0.3) is 0 Å². The van der Waals surface area contributed by atoms with Gasteiger partial charge in [-0.2, -0.15) is 4.98 Å². The van der Waals surface area contributed by atoms with Crippen LogP contribution in [0, 0.1) is 18.6 Å². The molecule has 1 amide bonds. The van der Waals surface area contributed by atoms with Gasteiger partial charge < -0.3 is 9.84 Å². The van der Waals surface area contributed by atoms with Crippen molar-refractivity contribution in [1.29, 1.82) is 0 Å². The lowest BCUT2D eigenvalue weighted by molar-refractivity contribution is -0.122. The molecular formula is C18H22F2N4O2. The number of benzene rings is 1. The van der Waals surface area contributed by atoms with Gasteiger partial charge in [0, 0.05) is 38.5 Å². The zero-order valence-corrected chi connectivity index (χ0v) is 14.7. The Morgan fingerprint density at radius 2 is 2.08 bits per heavy atom. The highest BCUT2D eigenvalue weighted by molar-refractivity contribution is 5.76. The summed E-state index contributed by atoms with van der Waals surface area (Å²) < 4.78 is 31.3. The van der Waals surface area contributed by atoms with Gasteiger partial charge >= 0.3 is 0 Å². The number of rotatable bonds is 6. The Kier molecular flexibility index (Phi) is 5.92. The van der Waals surface area contributed by atoms with Crippen LogP contribution in [0.4, 0.5) is 8.78 Å². The van der Waals surface area contributed by atoms with Gasteiger partial charge in [0.2, 0.25) is 11.8 Å². The van der Waals surface area contributed by atoms with Crippen molar-refractivity contribution in [2.24, 2.45) is 0 Å².